The lowest BCUT2D eigenvalue weighted by Gasteiger charge is -2.09. The Balaban J connectivity index is 2.17. The van der Waals surface area contributed by atoms with Crippen molar-refractivity contribution in [2.75, 3.05) is 0 Å². The van der Waals surface area contributed by atoms with Crippen molar-refractivity contribution in [2.24, 2.45) is 18.6 Å². The van der Waals surface area contributed by atoms with E-state index in [4.69, 9.17) is 21.6 Å². The van der Waals surface area contributed by atoms with Crippen LogP contribution >= 0.6 is 0 Å². The molecule has 2 aromatic rings. The van der Waals surface area contributed by atoms with Crippen molar-refractivity contribution in [3.05, 3.63) is 53.0 Å². The molecule has 0 bridgehead atoms. The van der Waals surface area contributed by atoms with E-state index in [1.807, 2.05) is 32.2 Å². The van der Waals surface area contributed by atoms with Gasteiger partial charge in [-0.2, -0.15) is 10.4 Å². The fourth-order valence-corrected chi connectivity index (χ4v) is 2.02. The molecule has 5 N–H and O–H groups in total. The molecule has 0 fully saturated rings. The van der Waals surface area contributed by atoms with Crippen LogP contribution in [-0.4, -0.2) is 9.78 Å². The normalized spacial score (nSPS) is 11.5. The topological polar surface area (TPSA) is 115 Å². The third kappa shape index (κ3) is 3.37. The number of allylic oxidation sites excluding steroid dienone is 1. The van der Waals surface area contributed by atoms with Crippen LogP contribution in [-0.2, 0) is 13.7 Å². The van der Waals surface area contributed by atoms with Gasteiger partial charge in [-0.3, -0.25) is 4.68 Å². The van der Waals surface area contributed by atoms with Crippen LogP contribution in [0.2, 0.25) is 0 Å². The minimum absolute atomic E-state index is 0.111. The first-order chi connectivity index (χ1) is 10.5. The van der Waals surface area contributed by atoms with Gasteiger partial charge >= 0.3 is 0 Å². The van der Waals surface area contributed by atoms with Gasteiger partial charge in [0.05, 0.1) is 17.1 Å². The summed E-state index contributed by atoms with van der Waals surface area (Å²) in [7, 11) is 1.87. The molecule has 1 aromatic heterocycles. The van der Waals surface area contributed by atoms with E-state index < -0.39 is 0 Å². The van der Waals surface area contributed by atoms with Gasteiger partial charge in [0, 0.05) is 12.6 Å². The van der Waals surface area contributed by atoms with Crippen molar-refractivity contribution >= 4 is 5.70 Å². The van der Waals surface area contributed by atoms with E-state index >= 15 is 0 Å². The molecule has 22 heavy (non-hydrogen) atoms. The average Bonchev–Trinajstić information content (AvgIpc) is 2.84. The molecule has 0 atom stereocenters. The van der Waals surface area contributed by atoms with Gasteiger partial charge in [-0.25, -0.2) is 5.84 Å². The predicted molar refractivity (Wildman–Crippen MR) is 82.8 cm³/mol. The Bertz CT molecular complexity index is 741. The van der Waals surface area contributed by atoms with Crippen molar-refractivity contribution in [1.29, 1.82) is 5.26 Å². The van der Waals surface area contributed by atoms with Crippen molar-refractivity contribution < 1.29 is 4.74 Å². The molecule has 0 unspecified atom stereocenters. The second kappa shape index (κ2) is 6.65. The average molecular weight is 298 g/mol. The smallest absolute Gasteiger partial charge is 0.151 e. The first-order valence-corrected chi connectivity index (χ1v) is 6.64. The van der Waals surface area contributed by atoms with E-state index in [0.29, 0.717) is 17.9 Å². The van der Waals surface area contributed by atoms with Crippen molar-refractivity contribution in [3.8, 4) is 11.8 Å². The van der Waals surface area contributed by atoms with Crippen LogP contribution in [0.25, 0.3) is 5.70 Å². The van der Waals surface area contributed by atoms with Crippen molar-refractivity contribution in [2.45, 2.75) is 13.5 Å². The molecular weight excluding hydrogens is 280 g/mol. The Morgan fingerprint density at radius 2 is 2.23 bits per heavy atom. The first-order valence-electron chi connectivity index (χ1n) is 6.64. The van der Waals surface area contributed by atoms with E-state index in [-0.39, 0.29) is 11.4 Å². The Hall–Kier alpha value is -2.98. The molecule has 0 aliphatic heterocycles. The number of hydrogen-bond acceptors (Lipinski definition) is 6. The third-order valence-corrected chi connectivity index (χ3v) is 3.16. The van der Waals surface area contributed by atoms with Gasteiger partial charge in [0.15, 0.2) is 5.70 Å². The molecule has 1 aromatic carbocycles. The van der Waals surface area contributed by atoms with Crippen LogP contribution in [0.5, 0.6) is 5.75 Å². The Kier molecular flexibility index (Phi) is 4.66. The highest BCUT2D eigenvalue weighted by molar-refractivity contribution is 5.69. The predicted octanol–water partition coefficient (Wildman–Crippen LogP) is 0.922. The Morgan fingerprint density at radius 1 is 1.45 bits per heavy atom. The monoisotopic (exact) mass is 298 g/mol. The maximum Gasteiger partial charge on any atom is 0.151 e. The summed E-state index contributed by atoms with van der Waals surface area (Å²) in [5.74, 6) is 5.91. The number of aryl methyl sites for hydroxylation is 2. The SMILES string of the molecule is Cc1cc(COc2cccc(/C(N)=C(\C#N)NN)c2)n(C)n1. The summed E-state index contributed by atoms with van der Waals surface area (Å²) in [4.78, 5) is 0. The van der Waals surface area contributed by atoms with Gasteiger partial charge in [0.2, 0.25) is 0 Å². The van der Waals surface area contributed by atoms with Gasteiger partial charge in [0.1, 0.15) is 18.4 Å². The summed E-state index contributed by atoms with van der Waals surface area (Å²) >= 11 is 0. The quantitative estimate of drug-likeness (QED) is 0.429. The zero-order chi connectivity index (χ0) is 16.1. The minimum Gasteiger partial charge on any atom is -0.487 e. The van der Waals surface area contributed by atoms with Crippen LogP contribution in [0.1, 0.15) is 17.0 Å². The lowest BCUT2D eigenvalue weighted by molar-refractivity contribution is 0.295. The van der Waals surface area contributed by atoms with Gasteiger partial charge in [-0.1, -0.05) is 12.1 Å². The Morgan fingerprint density at radius 3 is 2.82 bits per heavy atom. The van der Waals surface area contributed by atoms with E-state index in [1.165, 1.54) is 0 Å². The number of benzene rings is 1. The van der Waals surface area contributed by atoms with E-state index in [0.717, 1.165) is 11.4 Å². The number of nitrogens with zero attached hydrogens (tertiary/aromatic N) is 3. The first kappa shape index (κ1) is 15.4. The highest BCUT2D eigenvalue weighted by atomic mass is 16.5. The van der Waals surface area contributed by atoms with Crippen LogP contribution < -0.4 is 21.7 Å². The maximum atomic E-state index is 8.94. The van der Waals surface area contributed by atoms with Crippen molar-refractivity contribution in [1.82, 2.24) is 15.2 Å². The third-order valence-electron chi connectivity index (χ3n) is 3.16. The molecule has 0 spiro atoms. The summed E-state index contributed by atoms with van der Waals surface area (Å²) in [5, 5.41) is 13.2. The lowest BCUT2D eigenvalue weighted by Crippen LogP contribution is -2.23. The number of rotatable bonds is 5. The molecule has 2 rings (SSSR count). The standard InChI is InChI=1S/C15H18N6O/c1-10-6-12(21(2)20-10)9-22-13-5-3-4-11(7-13)15(17)14(8-16)19-18/h3-7,19H,9,17-18H2,1-2H3/b15-14-. The fraction of sp³-hybridized carbons (Fsp3) is 0.200. The summed E-state index contributed by atoms with van der Waals surface area (Å²) in [5.41, 5.74) is 11.1. The lowest BCUT2D eigenvalue weighted by atomic mass is 10.1. The number of nitriles is 1. The molecule has 0 saturated heterocycles. The fourth-order valence-electron chi connectivity index (χ4n) is 2.02. The number of nitrogens with two attached hydrogens (primary N) is 2. The van der Waals surface area contributed by atoms with Gasteiger partial charge in [-0.05, 0) is 25.1 Å². The molecule has 0 radical (unpaired) electrons. The second-order valence-corrected chi connectivity index (χ2v) is 4.76. The van der Waals surface area contributed by atoms with E-state index in [9.17, 15) is 0 Å². The zero-order valence-electron chi connectivity index (χ0n) is 12.5. The van der Waals surface area contributed by atoms with E-state index in [1.54, 1.807) is 22.9 Å². The van der Waals surface area contributed by atoms with Crippen molar-refractivity contribution in [3.63, 3.8) is 0 Å². The number of hydrogen-bond donors (Lipinski definition) is 3. The number of nitrogens with one attached hydrogen (secondary N) is 1. The minimum atomic E-state index is 0.111. The van der Waals surface area contributed by atoms with E-state index in [2.05, 4.69) is 10.5 Å². The number of aromatic nitrogens is 2. The number of hydrazine groups is 1. The Labute approximate surface area is 128 Å². The molecule has 0 aliphatic carbocycles. The molecule has 7 nitrogen and oxygen atoms in total. The molecular formula is C15H18N6O. The largest absolute Gasteiger partial charge is 0.487 e. The zero-order valence-corrected chi connectivity index (χ0v) is 12.5. The molecule has 0 amide bonds. The molecule has 1 heterocycles. The molecule has 0 saturated carbocycles. The second-order valence-electron chi connectivity index (χ2n) is 4.76. The van der Waals surface area contributed by atoms with Gasteiger partial charge < -0.3 is 15.9 Å². The number of ether oxygens (including phenoxy) is 1. The van der Waals surface area contributed by atoms with Gasteiger partial charge in [-0.15, -0.1) is 0 Å². The highest BCUT2D eigenvalue weighted by Gasteiger charge is 2.07. The maximum absolute atomic E-state index is 8.94. The summed E-state index contributed by atoms with van der Waals surface area (Å²) < 4.78 is 7.53. The summed E-state index contributed by atoms with van der Waals surface area (Å²) in [6.07, 6.45) is 0. The van der Waals surface area contributed by atoms with Crippen LogP contribution in [0.4, 0.5) is 0 Å². The summed E-state index contributed by atoms with van der Waals surface area (Å²) in [6, 6.07) is 11.0. The van der Waals surface area contributed by atoms with Gasteiger partial charge in [0.25, 0.3) is 0 Å². The molecule has 0 aliphatic rings. The van der Waals surface area contributed by atoms with Crippen LogP contribution in [0.3, 0.4) is 0 Å². The summed E-state index contributed by atoms with van der Waals surface area (Å²) in [6.45, 7) is 2.32. The molecule has 7 heteroatoms. The highest BCUT2D eigenvalue weighted by Crippen LogP contribution is 2.19. The van der Waals surface area contributed by atoms with Crippen LogP contribution in [0, 0.1) is 18.3 Å². The van der Waals surface area contributed by atoms with Crippen LogP contribution in [0.15, 0.2) is 36.0 Å². The molecule has 114 valence electrons.